The van der Waals surface area contributed by atoms with E-state index < -0.39 is 12.2 Å². The number of carbonyl (C=O) groups is 2. The van der Waals surface area contributed by atoms with Crippen molar-refractivity contribution < 1.29 is 33.3 Å². The Kier molecular flexibility index (Phi) is 30.2. The number of nitrogen functional groups attached to an aromatic ring is 3. The van der Waals surface area contributed by atoms with Gasteiger partial charge in [0.1, 0.15) is 24.9 Å². The zero-order valence-electron chi connectivity index (χ0n) is 61.8. The lowest BCUT2D eigenvalue weighted by Crippen LogP contribution is -2.41. The maximum atomic E-state index is 12.5. The minimum atomic E-state index is -0.440. The first-order chi connectivity index (χ1) is 52.0. The lowest BCUT2D eigenvalue weighted by atomic mass is 10.0. The van der Waals surface area contributed by atoms with E-state index in [-0.39, 0.29) is 48.2 Å². The minimum absolute atomic E-state index is 0.0126. The largest absolute Gasteiger partial charge is 0.482 e. The number of hydrogen-bond donors (Lipinski definition) is 6. The number of nitrogens with zero attached hydrogens (tertiary/aromatic N) is 11. The van der Waals surface area contributed by atoms with Gasteiger partial charge in [0.05, 0.1) is 71.6 Å². The van der Waals surface area contributed by atoms with E-state index in [1.165, 1.54) is 0 Å². The topological polar surface area (TPSA) is 321 Å². The number of piperidine rings is 3. The van der Waals surface area contributed by atoms with Crippen LogP contribution in [0.2, 0.25) is 30.1 Å². The normalized spacial score (nSPS) is 15.2. The molecule has 3 atom stereocenters. The number of aromatic nitrogens is 9. The van der Waals surface area contributed by atoms with Crippen LogP contribution in [0.3, 0.4) is 0 Å². The smallest absolute Gasteiger partial charge is 0.248 e. The monoisotopic (exact) mass is 1590 g/mol. The van der Waals surface area contributed by atoms with Gasteiger partial charge in [-0.25, -0.2) is 15.0 Å². The molecule has 2 amide bonds. The van der Waals surface area contributed by atoms with E-state index in [9.17, 15) is 9.59 Å². The number of halogens is 6. The van der Waals surface area contributed by atoms with Crippen LogP contribution in [-0.4, -0.2) is 145 Å². The number of anilines is 3. The Morgan fingerprint density at radius 3 is 1.19 bits per heavy atom. The SMILES string of the molecule is Cc1ccc(Cl)c(C(C)Oc2cc(-c3cnn(C4CCN(C(=O)CCCCCN)CC4)c3)cnc2N)c1Cl.Cc1ccc(Cl)c(C(C)Oc2cc(-c3cnn(C4CCN(C(=O)COCCOCCN)CC4)c3)cnc2N)c1Cl.Cc1ccc(Cl)c(C(C)Oc2cc(-c3cnn(C4CCNCC4)c3)cnc2N)c1Cl. The van der Waals surface area contributed by atoms with Crippen molar-refractivity contribution in [1.82, 2.24) is 59.4 Å². The zero-order chi connectivity index (χ0) is 77.1. The number of benzene rings is 3. The predicted octanol–water partition coefficient (Wildman–Crippen LogP) is 15.6. The fraction of sp³-hybridized carbons (Fsp3) is 0.436. The van der Waals surface area contributed by atoms with E-state index in [0.29, 0.717) is 123 Å². The van der Waals surface area contributed by atoms with Crippen molar-refractivity contribution in [3.8, 4) is 50.6 Å². The van der Waals surface area contributed by atoms with Crippen molar-refractivity contribution in [3.63, 3.8) is 0 Å². The van der Waals surface area contributed by atoms with Gasteiger partial charge in [0.15, 0.2) is 34.7 Å². The Morgan fingerprint density at radius 1 is 0.463 bits per heavy atom. The number of aryl methyl sites for hydroxylation is 3. The summed E-state index contributed by atoms with van der Waals surface area (Å²) in [5.74, 6) is 2.48. The molecule has 9 aromatic rings. The van der Waals surface area contributed by atoms with Gasteiger partial charge in [0, 0.05) is 141 Å². The van der Waals surface area contributed by atoms with Crippen LogP contribution in [-0.2, 0) is 19.1 Å². The second kappa shape index (κ2) is 39.6. The Morgan fingerprint density at radius 2 is 0.824 bits per heavy atom. The van der Waals surface area contributed by atoms with Gasteiger partial charge in [-0.15, -0.1) is 0 Å². The highest BCUT2D eigenvalue weighted by Crippen LogP contribution is 2.42. The summed E-state index contributed by atoms with van der Waals surface area (Å²) in [4.78, 5) is 41.8. The second-order valence-corrected chi connectivity index (χ2v) is 29.6. The van der Waals surface area contributed by atoms with Gasteiger partial charge in [0.25, 0.3) is 0 Å². The number of unbranched alkanes of at least 4 members (excludes halogenated alkanes) is 2. The first kappa shape index (κ1) is 82.5. The van der Waals surface area contributed by atoms with E-state index in [1.807, 2.05) is 139 Å². The highest BCUT2D eigenvalue weighted by atomic mass is 35.5. The first-order valence-electron chi connectivity index (χ1n) is 36.6. The third-order valence-electron chi connectivity index (χ3n) is 19.6. The molecule has 3 saturated heterocycles. The van der Waals surface area contributed by atoms with Crippen LogP contribution >= 0.6 is 69.6 Å². The van der Waals surface area contributed by atoms with Crippen LogP contribution in [0.5, 0.6) is 17.2 Å². The molecule has 9 heterocycles. The summed E-state index contributed by atoms with van der Waals surface area (Å²) in [6.45, 7) is 18.8. The van der Waals surface area contributed by atoms with Crippen LogP contribution in [0, 0.1) is 20.8 Å². The van der Waals surface area contributed by atoms with Crippen molar-refractivity contribution in [2.45, 2.75) is 142 Å². The maximum absolute atomic E-state index is 12.5. The van der Waals surface area contributed by atoms with Crippen molar-refractivity contribution >= 4 is 98.9 Å². The molecule has 11 N–H and O–H groups in total. The summed E-state index contributed by atoms with van der Waals surface area (Å²) in [7, 11) is 0. The number of ether oxygens (including phenoxy) is 5. The van der Waals surface area contributed by atoms with Gasteiger partial charge < -0.3 is 67.5 Å². The molecular weight excluding hydrogens is 1500 g/mol. The quantitative estimate of drug-likeness (QED) is 0.0261. The minimum Gasteiger partial charge on any atom is -0.482 e. The van der Waals surface area contributed by atoms with Gasteiger partial charge in [-0.3, -0.25) is 23.6 Å². The van der Waals surface area contributed by atoms with Crippen molar-refractivity contribution in [3.05, 3.63) is 174 Å². The first-order valence-corrected chi connectivity index (χ1v) is 38.8. The number of rotatable bonds is 27. The Balaban J connectivity index is 0.000000175. The van der Waals surface area contributed by atoms with Crippen LogP contribution in [0.15, 0.2) is 110 Å². The fourth-order valence-corrected chi connectivity index (χ4v) is 15.3. The van der Waals surface area contributed by atoms with E-state index in [1.54, 1.807) is 30.9 Å². The Labute approximate surface area is 661 Å². The standard InChI is InChI=1S/C28H36Cl2N6O4.C28H36Cl2N6O2.C22H25Cl2N5O/c1-18-3-4-23(29)26(27(18)30)19(2)40-24-13-20(14-33-28(24)32)21-15-34-36(16-21)22-5-8-35(9-6-22)25(37)17-39-12-11-38-10-7-31;1-18-7-8-23(29)26(27(18)30)19(2)38-24-14-20(15-33-28(24)32)21-16-34-36(17-21)22-9-12-35(13-10-22)25(37)6-4-3-5-11-31;1-13-3-4-18(23)20(21(13)24)14(2)30-19-9-15(10-27-22(19)25)16-11-28-29(12-16)17-5-7-26-8-6-17/h3-4,13-16,19,22H,5-12,17,31H2,1-2H3,(H2,32,33);7-8,14-17,19,22H,3-6,9-13,31H2,1-2H3,(H2,32,33);3-4,9-12,14,17,26H,5-8H2,1-2H3,(H2,25,27). The van der Waals surface area contributed by atoms with Crippen LogP contribution in [0.4, 0.5) is 17.5 Å². The highest BCUT2D eigenvalue weighted by Gasteiger charge is 2.29. The lowest BCUT2D eigenvalue weighted by Gasteiger charge is -2.32. The molecule has 0 saturated carbocycles. The molecule has 3 unspecified atom stereocenters. The van der Waals surface area contributed by atoms with Crippen LogP contribution in [0.25, 0.3) is 33.4 Å². The summed E-state index contributed by atoms with van der Waals surface area (Å²) in [6, 6.07) is 17.5. The van der Waals surface area contributed by atoms with Gasteiger partial charge >= 0.3 is 0 Å². The van der Waals surface area contributed by atoms with E-state index >= 15 is 0 Å². The molecule has 6 aromatic heterocycles. The average Bonchev–Trinajstić information content (AvgIpc) is 1.70. The average molecular weight is 1600 g/mol. The molecule has 24 nitrogen and oxygen atoms in total. The van der Waals surface area contributed by atoms with Crippen LogP contribution in [0.1, 0.15) is 155 Å². The maximum Gasteiger partial charge on any atom is 0.248 e. The molecule has 3 aromatic carbocycles. The number of likely N-dealkylation sites (tertiary alicyclic amines) is 2. The number of carbonyl (C=O) groups excluding carboxylic acids is 2. The van der Waals surface area contributed by atoms with E-state index in [4.69, 9.17) is 122 Å². The Hall–Kier alpha value is -7.98. The fourth-order valence-electron chi connectivity index (χ4n) is 13.2. The molecule has 0 spiro atoms. The molecule has 0 aliphatic carbocycles. The molecule has 3 aliphatic rings. The lowest BCUT2D eigenvalue weighted by molar-refractivity contribution is -0.138. The third kappa shape index (κ3) is 21.5. The van der Waals surface area contributed by atoms with Gasteiger partial charge in [0.2, 0.25) is 11.8 Å². The molecule has 3 fully saturated rings. The highest BCUT2D eigenvalue weighted by molar-refractivity contribution is 6.37. The van der Waals surface area contributed by atoms with E-state index in [2.05, 4.69) is 41.8 Å². The Bertz CT molecular complexity index is 4480. The molecule has 30 heteroatoms. The summed E-state index contributed by atoms with van der Waals surface area (Å²) in [5.41, 5.74) is 39.6. The second-order valence-electron chi connectivity index (χ2n) is 27.3. The molecule has 0 radical (unpaired) electrons. The summed E-state index contributed by atoms with van der Waals surface area (Å²) < 4.78 is 35.2. The summed E-state index contributed by atoms with van der Waals surface area (Å²) in [5, 5.41) is 20.5. The molecular formula is C78H97Cl6N17O7. The van der Waals surface area contributed by atoms with E-state index in [0.717, 1.165) is 140 Å². The number of pyridine rings is 3. The van der Waals surface area contributed by atoms with Crippen molar-refractivity contribution in [1.29, 1.82) is 0 Å². The number of hydrogen-bond acceptors (Lipinski definition) is 19. The van der Waals surface area contributed by atoms with Crippen molar-refractivity contribution in [2.75, 3.05) is 96.0 Å². The summed E-state index contributed by atoms with van der Waals surface area (Å²) >= 11 is 38.7. The summed E-state index contributed by atoms with van der Waals surface area (Å²) in [6.07, 6.45) is 24.4. The number of nitrogens with two attached hydrogens (primary N) is 5. The van der Waals surface area contributed by atoms with Gasteiger partial charge in [-0.05, 0) is 166 Å². The number of amides is 2. The molecule has 578 valence electrons. The molecule has 3 aliphatic heterocycles. The predicted molar refractivity (Wildman–Crippen MR) is 429 cm³/mol. The molecule has 12 rings (SSSR count). The van der Waals surface area contributed by atoms with Gasteiger partial charge in [-0.2, -0.15) is 15.3 Å². The molecule has 0 bridgehead atoms. The number of nitrogens with one attached hydrogen (secondary N) is 1. The van der Waals surface area contributed by atoms with Crippen molar-refractivity contribution in [2.24, 2.45) is 11.5 Å². The van der Waals surface area contributed by atoms with Gasteiger partial charge in [-0.1, -0.05) is 94.2 Å². The molecule has 108 heavy (non-hydrogen) atoms. The van der Waals surface area contributed by atoms with Crippen LogP contribution < -0.4 is 48.2 Å². The third-order valence-corrected chi connectivity index (χ3v) is 22.1. The zero-order valence-corrected chi connectivity index (χ0v) is 66.4.